The number of thioether (sulfide) groups is 2. The van der Waals surface area contributed by atoms with Crippen LogP contribution in [0.3, 0.4) is 0 Å². The third-order valence-corrected chi connectivity index (χ3v) is 6.29. The molecule has 0 radical (unpaired) electrons. The van der Waals surface area contributed by atoms with Gasteiger partial charge in [-0.25, -0.2) is 9.59 Å². The fraction of sp³-hybridized carbons (Fsp3) is 0.583. The van der Waals surface area contributed by atoms with Crippen LogP contribution in [0.4, 0.5) is 19.2 Å². The number of nitrogens with one attached hydrogen (secondary N) is 2. The van der Waals surface area contributed by atoms with E-state index in [1.54, 1.807) is 81.9 Å². The normalized spacial score (nSPS) is 11.4. The van der Waals surface area contributed by atoms with E-state index in [9.17, 15) is 19.2 Å². The van der Waals surface area contributed by atoms with Crippen LogP contribution in [-0.2, 0) is 22.6 Å². The Morgan fingerprint density at radius 3 is 1.25 bits per heavy atom. The Morgan fingerprint density at radius 1 is 0.694 bits per heavy atom. The Labute approximate surface area is 222 Å². The molecule has 1 aromatic carbocycles. The van der Waals surface area contributed by atoms with Gasteiger partial charge in [-0.15, -0.1) is 0 Å². The summed E-state index contributed by atoms with van der Waals surface area (Å²) in [4.78, 5) is 53.5. The van der Waals surface area contributed by atoms with E-state index >= 15 is 0 Å². The number of benzene rings is 1. The average Bonchev–Trinajstić information content (AvgIpc) is 2.69. The van der Waals surface area contributed by atoms with Gasteiger partial charge in [0.05, 0.1) is 0 Å². The highest BCUT2D eigenvalue weighted by Gasteiger charge is 2.21. The molecule has 0 aliphatic rings. The smallest absolute Gasteiger partial charge is 0.407 e. The van der Waals surface area contributed by atoms with Gasteiger partial charge in [0.25, 0.3) is 10.5 Å². The van der Waals surface area contributed by atoms with Gasteiger partial charge in [0.2, 0.25) is 0 Å². The van der Waals surface area contributed by atoms with Gasteiger partial charge in [-0.1, -0.05) is 0 Å². The number of hydrogen-bond acceptors (Lipinski definition) is 8. The Morgan fingerprint density at radius 2 is 1.00 bits per heavy atom. The number of nitrogens with zero attached hydrogens (tertiary/aromatic N) is 2. The van der Waals surface area contributed by atoms with Crippen LogP contribution >= 0.6 is 23.5 Å². The molecule has 0 saturated heterocycles. The molecule has 0 unspecified atom stereocenters. The predicted octanol–water partition coefficient (Wildman–Crippen LogP) is 5.28. The summed E-state index contributed by atoms with van der Waals surface area (Å²) in [5.41, 5.74) is -0.0927. The van der Waals surface area contributed by atoms with Crippen LogP contribution in [0, 0.1) is 0 Å². The minimum atomic E-state index is -0.668. The Kier molecular flexibility index (Phi) is 11.4. The molecule has 4 amide bonds. The van der Waals surface area contributed by atoms with Crippen molar-refractivity contribution in [1.82, 2.24) is 20.4 Å². The van der Waals surface area contributed by atoms with Gasteiger partial charge in [0.15, 0.2) is 0 Å². The molecular weight excluding hydrogens is 504 g/mol. The third kappa shape index (κ3) is 11.9. The first kappa shape index (κ1) is 31.4. The van der Waals surface area contributed by atoms with Crippen LogP contribution in [0.2, 0.25) is 0 Å². The number of rotatable bonds is 6. The summed E-state index contributed by atoms with van der Waals surface area (Å²) < 4.78 is 10.6. The third-order valence-electron chi connectivity index (χ3n) is 4.01. The molecular formula is C24H38N4O6S2. The summed E-state index contributed by atoms with van der Waals surface area (Å²) in [5.74, 6) is 0. The molecule has 0 aromatic heterocycles. The lowest BCUT2D eigenvalue weighted by molar-refractivity contribution is 0.0511. The van der Waals surface area contributed by atoms with Gasteiger partial charge >= 0.3 is 12.2 Å². The molecule has 0 spiro atoms. The second-order valence-electron chi connectivity index (χ2n) is 10.3. The molecule has 10 nitrogen and oxygen atoms in total. The molecule has 0 saturated carbocycles. The van der Waals surface area contributed by atoms with Crippen LogP contribution in [0.1, 0.15) is 52.7 Å². The SMILES string of the molecule is CN(C)C(=O)Sc1cc(CNC(=O)OC(C)(C)C)c(SC(=O)N(C)C)cc1CNC(=O)OC(C)(C)C. The standard InChI is InChI=1S/C24H38N4O6S2/c1-23(2,3)33-19(29)25-13-15-11-18(36-22(32)28(9)10)16(12-17(15)35-21(31)27(7)8)14-26-20(30)34-24(4,5)6/h11-12H,13-14H2,1-10H3,(H,25,29)(H,26,30). The monoisotopic (exact) mass is 542 g/mol. The highest BCUT2D eigenvalue weighted by molar-refractivity contribution is 8.14. The highest BCUT2D eigenvalue weighted by Crippen LogP contribution is 2.34. The van der Waals surface area contributed by atoms with E-state index in [0.29, 0.717) is 20.9 Å². The second kappa shape index (κ2) is 13.1. The maximum atomic E-state index is 12.5. The molecule has 2 N–H and O–H groups in total. The molecule has 1 aromatic rings. The molecule has 12 heteroatoms. The summed E-state index contributed by atoms with van der Waals surface area (Å²) in [6.45, 7) is 10.7. The minimum absolute atomic E-state index is 0.0709. The Hall–Kier alpha value is -2.60. The van der Waals surface area contributed by atoms with Crippen molar-refractivity contribution >= 4 is 46.2 Å². The molecule has 1 rings (SSSR count). The van der Waals surface area contributed by atoms with Crippen molar-refractivity contribution in [2.75, 3.05) is 28.2 Å². The highest BCUT2D eigenvalue weighted by atomic mass is 32.2. The van der Waals surface area contributed by atoms with Crippen LogP contribution in [0.15, 0.2) is 21.9 Å². The van der Waals surface area contributed by atoms with Crippen molar-refractivity contribution in [2.24, 2.45) is 0 Å². The first-order valence-corrected chi connectivity index (χ1v) is 12.9. The fourth-order valence-electron chi connectivity index (χ4n) is 2.44. The minimum Gasteiger partial charge on any atom is -0.444 e. The molecule has 0 aliphatic heterocycles. The molecule has 0 aliphatic carbocycles. The molecule has 0 heterocycles. The average molecular weight is 543 g/mol. The molecule has 0 fully saturated rings. The van der Waals surface area contributed by atoms with Gasteiger partial charge in [-0.3, -0.25) is 9.59 Å². The van der Waals surface area contributed by atoms with E-state index in [-0.39, 0.29) is 23.6 Å². The van der Waals surface area contributed by atoms with Gasteiger partial charge in [-0.05, 0) is 88.3 Å². The zero-order valence-corrected chi connectivity index (χ0v) is 24.4. The first-order chi connectivity index (χ1) is 16.4. The van der Waals surface area contributed by atoms with Crippen molar-refractivity contribution < 1.29 is 28.7 Å². The summed E-state index contributed by atoms with van der Waals surface area (Å²) in [7, 11) is 6.55. The quantitative estimate of drug-likeness (QED) is 0.466. The number of alkyl carbamates (subject to hydrolysis) is 2. The Bertz CT molecular complexity index is 891. The van der Waals surface area contributed by atoms with Gasteiger partial charge < -0.3 is 29.9 Å². The zero-order valence-electron chi connectivity index (χ0n) is 22.7. The fourth-order valence-corrected chi connectivity index (χ4v) is 4.11. The largest absolute Gasteiger partial charge is 0.444 e. The number of carbonyl (C=O) groups is 4. The summed E-state index contributed by atoms with van der Waals surface area (Å²) in [5, 5.41) is 4.97. The molecule has 202 valence electrons. The maximum Gasteiger partial charge on any atom is 0.407 e. The van der Waals surface area contributed by atoms with Crippen LogP contribution in [0.25, 0.3) is 0 Å². The van der Waals surface area contributed by atoms with Crippen molar-refractivity contribution in [3.63, 3.8) is 0 Å². The Balaban J connectivity index is 3.38. The molecule has 36 heavy (non-hydrogen) atoms. The van der Waals surface area contributed by atoms with E-state index in [1.165, 1.54) is 9.80 Å². The van der Waals surface area contributed by atoms with E-state index < -0.39 is 23.4 Å². The maximum absolute atomic E-state index is 12.5. The predicted molar refractivity (Wildman–Crippen MR) is 142 cm³/mol. The van der Waals surface area contributed by atoms with E-state index in [0.717, 1.165) is 23.5 Å². The lowest BCUT2D eigenvalue weighted by Gasteiger charge is -2.22. The summed E-state index contributed by atoms with van der Waals surface area (Å²) >= 11 is 1.96. The lowest BCUT2D eigenvalue weighted by Crippen LogP contribution is -2.32. The van der Waals surface area contributed by atoms with Crippen LogP contribution in [0.5, 0.6) is 0 Å². The van der Waals surface area contributed by atoms with E-state index in [2.05, 4.69) is 10.6 Å². The van der Waals surface area contributed by atoms with Crippen molar-refractivity contribution in [2.45, 2.75) is 75.6 Å². The number of amides is 4. The number of hydrogen-bond donors (Lipinski definition) is 2. The van der Waals surface area contributed by atoms with Gasteiger partial charge in [0.1, 0.15) is 11.2 Å². The number of ether oxygens (including phenoxy) is 2. The van der Waals surface area contributed by atoms with Crippen molar-refractivity contribution in [3.8, 4) is 0 Å². The first-order valence-electron chi connectivity index (χ1n) is 11.3. The van der Waals surface area contributed by atoms with Gasteiger partial charge in [-0.2, -0.15) is 0 Å². The van der Waals surface area contributed by atoms with Crippen LogP contribution in [-0.4, -0.2) is 71.9 Å². The molecule has 0 atom stereocenters. The van der Waals surface area contributed by atoms with Crippen molar-refractivity contribution in [3.05, 3.63) is 23.3 Å². The zero-order chi connectivity index (χ0) is 27.8. The van der Waals surface area contributed by atoms with Gasteiger partial charge in [0, 0.05) is 51.1 Å². The van der Waals surface area contributed by atoms with E-state index in [1.807, 2.05) is 0 Å². The topological polar surface area (TPSA) is 117 Å². The van der Waals surface area contributed by atoms with E-state index in [4.69, 9.17) is 9.47 Å². The lowest BCUT2D eigenvalue weighted by atomic mass is 10.1. The number of carbonyl (C=O) groups excluding carboxylic acids is 4. The summed E-state index contributed by atoms with van der Waals surface area (Å²) in [6.07, 6.45) is -1.21. The second-order valence-corrected chi connectivity index (χ2v) is 12.3. The van der Waals surface area contributed by atoms with Crippen LogP contribution < -0.4 is 10.6 Å². The van der Waals surface area contributed by atoms with Crippen molar-refractivity contribution in [1.29, 1.82) is 0 Å². The molecule has 0 bridgehead atoms. The summed E-state index contributed by atoms with van der Waals surface area (Å²) in [6, 6.07) is 3.47.